The number of carbonyl (C=O) groups excluding carboxylic acids is 1. The molecule has 2 N–H and O–H groups in total. The summed E-state index contributed by atoms with van der Waals surface area (Å²) < 4.78 is 0. The van der Waals surface area contributed by atoms with Crippen molar-refractivity contribution in [1.29, 1.82) is 0 Å². The highest BCUT2D eigenvalue weighted by atomic mass is 35.5. The Bertz CT molecular complexity index is 848. The van der Waals surface area contributed by atoms with Crippen LogP contribution in [0.25, 0.3) is 0 Å². The van der Waals surface area contributed by atoms with Crippen molar-refractivity contribution in [2.75, 3.05) is 37.6 Å². The number of carbonyl (C=O) groups is 1. The molecule has 28 heavy (non-hydrogen) atoms. The van der Waals surface area contributed by atoms with Gasteiger partial charge in [-0.1, -0.05) is 30.7 Å². The average molecular weight is 400 g/mol. The van der Waals surface area contributed by atoms with Gasteiger partial charge in [-0.3, -0.25) is 4.79 Å². The third kappa shape index (κ3) is 3.59. The first-order valence-electron chi connectivity index (χ1n) is 9.91. The van der Waals surface area contributed by atoms with E-state index in [0.717, 1.165) is 37.3 Å². The Labute approximate surface area is 170 Å². The number of hydrogen-bond donors (Lipinski definition) is 1. The summed E-state index contributed by atoms with van der Waals surface area (Å²) in [5, 5.41) is 0.659. The van der Waals surface area contributed by atoms with Crippen molar-refractivity contribution in [2.24, 2.45) is 5.73 Å². The zero-order chi connectivity index (χ0) is 19.7. The van der Waals surface area contributed by atoms with E-state index < -0.39 is 0 Å². The Kier molecular flexibility index (Phi) is 5.51. The van der Waals surface area contributed by atoms with Gasteiger partial charge in [-0.15, -0.1) is 0 Å². The number of amides is 1. The van der Waals surface area contributed by atoms with E-state index in [1.807, 2.05) is 29.2 Å². The molecular weight excluding hydrogens is 374 g/mol. The number of nitrogens with zero attached hydrogens (tertiary/aromatic N) is 4. The number of halogens is 1. The van der Waals surface area contributed by atoms with E-state index in [1.54, 1.807) is 6.33 Å². The summed E-state index contributed by atoms with van der Waals surface area (Å²) in [6, 6.07) is 7.39. The lowest BCUT2D eigenvalue weighted by atomic mass is 9.97. The summed E-state index contributed by atoms with van der Waals surface area (Å²) in [6.45, 7) is 5.44. The fraction of sp³-hybridized carbons (Fsp3) is 0.476. The lowest BCUT2D eigenvalue weighted by molar-refractivity contribution is -0.132. The minimum absolute atomic E-state index is 0.0887. The van der Waals surface area contributed by atoms with Gasteiger partial charge in [0, 0.05) is 49.0 Å². The molecule has 2 atom stereocenters. The molecule has 1 aromatic heterocycles. The predicted molar refractivity (Wildman–Crippen MR) is 111 cm³/mol. The lowest BCUT2D eigenvalue weighted by Crippen LogP contribution is -2.51. The average Bonchev–Trinajstić information content (AvgIpc) is 3.11. The number of hydrogen-bond acceptors (Lipinski definition) is 5. The summed E-state index contributed by atoms with van der Waals surface area (Å²) in [5.41, 5.74) is 9.33. The monoisotopic (exact) mass is 399 g/mol. The standard InChI is InChI=1S/C21H26ClN5O/c1-14-2-7-18-19(14)20(25-13-24-18)26-8-10-27(11-9-26)21(28)17(12-23)15-3-5-16(22)6-4-15/h3-6,13-14,17H,2,7-12,23H2,1H3/t14-,17?/m1/s1. The molecule has 1 aliphatic carbocycles. The molecule has 1 fully saturated rings. The molecule has 1 saturated heterocycles. The van der Waals surface area contributed by atoms with Crippen molar-refractivity contribution in [3.63, 3.8) is 0 Å². The number of nitrogens with two attached hydrogens (primary N) is 1. The molecule has 2 heterocycles. The maximum atomic E-state index is 13.1. The molecule has 2 aromatic rings. The van der Waals surface area contributed by atoms with Gasteiger partial charge in [-0.2, -0.15) is 0 Å². The van der Waals surface area contributed by atoms with E-state index in [1.165, 1.54) is 11.3 Å². The zero-order valence-corrected chi connectivity index (χ0v) is 16.9. The fourth-order valence-corrected chi connectivity index (χ4v) is 4.43. The second kappa shape index (κ2) is 8.05. The van der Waals surface area contributed by atoms with Gasteiger partial charge in [0.25, 0.3) is 0 Å². The summed E-state index contributed by atoms with van der Waals surface area (Å²) >= 11 is 5.97. The number of aromatic nitrogens is 2. The number of benzene rings is 1. The maximum Gasteiger partial charge on any atom is 0.231 e. The maximum absolute atomic E-state index is 13.1. The van der Waals surface area contributed by atoms with Gasteiger partial charge in [-0.05, 0) is 36.5 Å². The molecule has 0 radical (unpaired) electrons. The van der Waals surface area contributed by atoms with Crippen LogP contribution in [-0.4, -0.2) is 53.5 Å². The molecule has 4 rings (SSSR count). The minimum atomic E-state index is -0.327. The second-order valence-corrected chi connectivity index (χ2v) is 8.09. The van der Waals surface area contributed by atoms with E-state index >= 15 is 0 Å². The highest BCUT2D eigenvalue weighted by Gasteiger charge is 2.31. The third-order valence-corrected chi connectivity index (χ3v) is 6.20. The van der Waals surface area contributed by atoms with Crippen LogP contribution >= 0.6 is 11.6 Å². The van der Waals surface area contributed by atoms with Crippen LogP contribution in [0, 0.1) is 0 Å². The van der Waals surface area contributed by atoms with Gasteiger partial charge in [0.15, 0.2) is 0 Å². The molecule has 148 valence electrons. The van der Waals surface area contributed by atoms with Gasteiger partial charge in [0.05, 0.1) is 5.92 Å². The minimum Gasteiger partial charge on any atom is -0.353 e. The van der Waals surface area contributed by atoms with Crippen molar-refractivity contribution in [2.45, 2.75) is 31.6 Å². The van der Waals surface area contributed by atoms with Crippen LogP contribution in [0.15, 0.2) is 30.6 Å². The van der Waals surface area contributed by atoms with E-state index in [2.05, 4.69) is 21.8 Å². The van der Waals surface area contributed by atoms with Gasteiger partial charge in [-0.25, -0.2) is 9.97 Å². The van der Waals surface area contributed by atoms with Crippen LogP contribution in [0.1, 0.15) is 42.0 Å². The highest BCUT2D eigenvalue weighted by molar-refractivity contribution is 6.30. The molecule has 7 heteroatoms. The van der Waals surface area contributed by atoms with Gasteiger partial charge < -0.3 is 15.5 Å². The predicted octanol–water partition coefficient (Wildman–Crippen LogP) is 2.57. The number of anilines is 1. The summed E-state index contributed by atoms with van der Waals surface area (Å²) in [5.74, 6) is 1.31. The SMILES string of the molecule is C[C@@H]1CCc2ncnc(N3CCN(C(=O)C(CN)c4ccc(Cl)cc4)CC3)c21. The van der Waals surface area contributed by atoms with E-state index in [0.29, 0.717) is 24.0 Å². The van der Waals surface area contributed by atoms with E-state index in [9.17, 15) is 4.79 Å². The lowest BCUT2D eigenvalue weighted by Gasteiger charge is -2.37. The van der Waals surface area contributed by atoms with Gasteiger partial charge in [0.2, 0.25) is 5.91 Å². The quantitative estimate of drug-likeness (QED) is 0.855. The smallest absolute Gasteiger partial charge is 0.231 e. The highest BCUT2D eigenvalue weighted by Crippen LogP contribution is 2.37. The van der Waals surface area contributed by atoms with Crippen LogP contribution in [0.4, 0.5) is 5.82 Å². The Morgan fingerprint density at radius 1 is 1.21 bits per heavy atom. The fourth-order valence-electron chi connectivity index (χ4n) is 4.31. The van der Waals surface area contributed by atoms with Crippen molar-refractivity contribution in [3.05, 3.63) is 52.4 Å². The van der Waals surface area contributed by atoms with Crippen molar-refractivity contribution >= 4 is 23.3 Å². The zero-order valence-electron chi connectivity index (χ0n) is 16.1. The molecular formula is C21H26ClN5O. The Balaban J connectivity index is 1.45. The summed E-state index contributed by atoms with van der Waals surface area (Å²) in [6.07, 6.45) is 3.84. The van der Waals surface area contributed by atoms with Crippen molar-refractivity contribution in [3.8, 4) is 0 Å². The second-order valence-electron chi connectivity index (χ2n) is 7.65. The van der Waals surface area contributed by atoms with Crippen LogP contribution < -0.4 is 10.6 Å². The molecule has 0 saturated carbocycles. The Hall–Kier alpha value is -2.18. The normalized spacial score (nSPS) is 20.2. The summed E-state index contributed by atoms with van der Waals surface area (Å²) in [7, 11) is 0. The topological polar surface area (TPSA) is 75.4 Å². The van der Waals surface area contributed by atoms with Crippen molar-refractivity contribution in [1.82, 2.24) is 14.9 Å². The van der Waals surface area contributed by atoms with Crippen molar-refractivity contribution < 1.29 is 4.79 Å². The first kappa shape index (κ1) is 19.2. The summed E-state index contributed by atoms with van der Waals surface area (Å²) in [4.78, 5) is 26.3. The Morgan fingerprint density at radius 3 is 2.61 bits per heavy atom. The first-order chi connectivity index (χ1) is 13.6. The molecule has 1 aromatic carbocycles. The molecule has 1 unspecified atom stereocenters. The largest absolute Gasteiger partial charge is 0.353 e. The number of piperazine rings is 1. The molecule has 0 bridgehead atoms. The number of fused-ring (bicyclic) bond motifs is 1. The van der Waals surface area contributed by atoms with Crippen LogP contribution in [0.3, 0.4) is 0 Å². The number of rotatable bonds is 4. The van der Waals surface area contributed by atoms with E-state index in [-0.39, 0.29) is 18.4 Å². The third-order valence-electron chi connectivity index (χ3n) is 5.95. The van der Waals surface area contributed by atoms with Gasteiger partial charge in [0.1, 0.15) is 12.1 Å². The molecule has 1 amide bonds. The number of aryl methyl sites for hydroxylation is 1. The van der Waals surface area contributed by atoms with Crippen LogP contribution in [0.5, 0.6) is 0 Å². The van der Waals surface area contributed by atoms with Crippen LogP contribution in [-0.2, 0) is 11.2 Å². The Morgan fingerprint density at radius 2 is 1.93 bits per heavy atom. The molecule has 2 aliphatic rings. The molecule has 1 aliphatic heterocycles. The first-order valence-corrected chi connectivity index (χ1v) is 10.3. The van der Waals surface area contributed by atoms with Crippen LogP contribution in [0.2, 0.25) is 5.02 Å². The van der Waals surface area contributed by atoms with E-state index in [4.69, 9.17) is 17.3 Å². The van der Waals surface area contributed by atoms with Gasteiger partial charge >= 0.3 is 0 Å². The molecule has 6 nitrogen and oxygen atoms in total. The molecule has 0 spiro atoms.